The SMILES string of the molecule is CN=C(C)C(C)=C(C)F. The Labute approximate surface area is 55.3 Å². The lowest BCUT2D eigenvalue weighted by atomic mass is 10.2. The van der Waals surface area contributed by atoms with Gasteiger partial charge in [0.1, 0.15) is 5.83 Å². The zero-order valence-electron chi connectivity index (χ0n) is 6.33. The van der Waals surface area contributed by atoms with E-state index in [1.807, 2.05) is 0 Å². The third-order valence-corrected chi connectivity index (χ3v) is 1.39. The monoisotopic (exact) mass is 129 g/mol. The Hall–Kier alpha value is -0.660. The van der Waals surface area contributed by atoms with E-state index < -0.39 is 0 Å². The minimum Gasteiger partial charge on any atom is -0.293 e. The molecule has 0 aromatic heterocycles. The van der Waals surface area contributed by atoms with Crippen LogP contribution in [0.25, 0.3) is 0 Å². The van der Waals surface area contributed by atoms with Gasteiger partial charge in [0, 0.05) is 18.3 Å². The van der Waals surface area contributed by atoms with E-state index in [4.69, 9.17) is 0 Å². The predicted molar refractivity (Wildman–Crippen MR) is 38.5 cm³/mol. The summed E-state index contributed by atoms with van der Waals surface area (Å²) in [5.41, 5.74) is 1.40. The number of hydrogen-bond donors (Lipinski definition) is 0. The van der Waals surface area contributed by atoms with Crippen molar-refractivity contribution in [1.82, 2.24) is 0 Å². The zero-order chi connectivity index (χ0) is 7.44. The highest BCUT2D eigenvalue weighted by atomic mass is 19.1. The first-order chi connectivity index (χ1) is 4.09. The summed E-state index contributed by atoms with van der Waals surface area (Å²) >= 11 is 0. The van der Waals surface area contributed by atoms with Gasteiger partial charge in [0.2, 0.25) is 0 Å². The van der Waals surface area contributed by atoms with E-state index in [2.05, 4.69) is 4.99 Å². The number of nitrogens with zero attached hydrogens (tertiary/aromatic N) is 1. The van der Waals surface area contributed by atoms with E-state index in [9.17, 15) is 4.39 Å². The maximum atomic E-state index is 12.3. The molecule has 0 spiro atoms. The molecular formula is C7H12FN. The molecule has 0 aliphatic carbocycles. The standard InChI is InChI=1S/C7H12FN/c1-5(6(2)8)7(3)9-4/h1-4H3. The second-order valence-corrected chi connectivity index (χ2v) is 1.97. The highest BCUT2D eigenvalue weighted by Crippen LogP contribution is 2.05. The van der Waals surface area contributed by atoms with Crippen LogP contribution in [0.5, 0.6) is 0 Å². The predicted octanol–water partition coefficient (Wildman–Crippen LogP) is 2.34. The van der Waals surface area contributed by atoms with Crippen molar-refractivity contribution in [2.45, 2.75) is 20.8 Å². The van der Waals surface area contributed by atoms with Gasteiger partial charge in [0.25, 0.3) is 0 Å². The molecular weight excluding hydrogens is 117 g/mol. The van der Waals surface area contributed by atoms with Crippen molar-refractivity contribution in [2.24, 2.45) is 4.99 Å². The fraction of sp³-hybridized carbons (Fsp3) is 0.571. The first-order valence-corrected chi connectivity index (χ1v) is 2.86. The van der Waals surface area contributed by atoms with E-state index in [-0.39, 0.29) is 5.83 Å². The number of hydrogen-bond acceptors (Lipinski definition) is 1. The topological polar surface area (TPSA) is 12.4 Å². The molecule has 0 aliphatic heterocycles. The van der Waals surface area contributed by atoms with Crippen LogP contribution in [0.2, 0.25) is 0 Å². The molecule has 0 rings (SSSR count). The quantitative estimate of drug-likeness (QED) is 0.482. The third kappa shape index (κ3) is 2.40. The van der Waals surface area contributed by atoms with Gasteiger partial charge in [-0.3, -0.25) is 4.99 Å². The summed E-state index contributed by atoms with van der Waals surface area (Å²) in [7, 11) is 1.65. The summed E-state index contributed by atoms with van der Waals surface area (Å²) in [4.78, 5) is 3.83. The summed E-state index contributed by atoms with van der Waals surface area (Å²) in [5, 5.41) is 0. The maximum absolute atomic E-state index is 12.3. The normalized spacial score (nSPS) is 15.4. The molecule has 0 aromatic rings. The van der Waals surface area contributed by atoms with E-state index in [1.54, 1.807) is 20.9 Å². The van der Waals surface area contributed by atoms with Crippen LogP contribution in [-0.4, -0.2) is 12.8 Å². The number of rotatable bonds is 1. The fourth-order valence-electron chi connectivity index (χ4n) is 0.417. The van der Waals surface area contributed by atoms with Crippen molar-refractivity contribution < 1.29 is 4.39 Å². The Morgan fingerprint density at radius 1 is 1.22 bits per heavy atom. The van der Waals surface area contributed by atoms with Crippen molar-refractivity contribution >= 4 is 5.71 Å². The van der Waals surface area contributed by atoms with Crippen molar-refractivity contribution in [2.75, 3.05) is 7.05 Å². The largest absolute Gasteiger partial charge is 0.293 e. The lowest BCUT2D eigenvalue weighted by molar-refractivity contribution is 0.633. The van der Waals surface area contributed by atoms with Crippen LogP contribution in [0.1, 0.15) is 20.8 Å². The van der Waals surface area contributed by atoms with Crippen LogP contribution in [0.3, 0.4) is 0 Å². The number of allylic oxidation sites excluding steroid dienone is 2. The minimum atomic E-state index is -0.155. The van der Waals surface area contributed by atoms with Crippen LogP contribution in [-0.2, 0) is 0 Å². The molecule has 0 radical (unpaired) electrons. The maximum Gasteiger partial charge on any atom is 0.102 e. The van der Waals surface area contributed by atoms with Gasteiger partial charge in [0.15, 0.2) is 0 Å². The molecule has 0 saturated heterocycles. The van der Waals surface area contributed by atoms with Crippen LogP contribution in [0, 0.1) is 0 Å². The molecule has 0 unspecified atom stereocenters. The van der Waals surface area contributed by atoms with Gasteiger partial charge in [-0.05, 0) is 20.8 Å². The van der Waals surface area contributed by atoms with Gasteiger partial charge < -0.3 is 0 Å². The lowest BCUT2D eigenvalue weighted by Gasteiger charge is -1.96. The first kappa shape index (κ1) is 8.34. The molecule has 0 saturated carbocycles. The van der Waals surface area contributed by atoms with E-state index in [1.165, 1.54) is 6.92 Å². The molecule has 2 heteroatoms. The number of halogens is 1. The summed E-state index contributed by atoms with van der Waals surface area (Å²) in [5.74, 6) is -0.155. The molecule has 0 aromatic carbocycles. The van der Waals surface area contributed by atoms with Crippen molar-refractivity contribution in [3.05, 3.63) is 11.4 Å². The van der Waals surface area contributed by atoms with Crippen LogP contribution >= 0.6 is 0 Å². The number of aliphatic imine (C=N–C) groups is 1. The second-order valence-electron chi connectivity index (χ2n) is 1.97. The Balaban J connectivity index is 4.40. The van der Waals surface area contributed by atoms with Crippen LogP contribution in [0.15, 0.2) is 16.4 Å². The van der Waals surface area contributed by atoms with Gasteiger partial charge in [-0.25, -0.2) is 4.39 Å². The first-order valence-electron chi connectivity index (χ1n) is 2.86. The Kier molecular flexibility index (Phi) is 3.13. The van der Waals surface area contributed by atoms with Crippen LogP contribution in [0.4, 0.5) is 4.39 Å². The van der Waals surface area contributed by atoms with Crippen LogP contribution < -0.4 is 0 Å². The zero-order valence-corrected chi connectivity index (χ0v) is 6.33. The third-order valence-electron chi connectivity index (χ3n) is 1.39. The average Bonchev–Trinajstić information content (AvgIpc) is 1.84. The molecule has 0 heterocycles. The average molecular weight is 129 g/mol. The van der Waals surface area contributed by atoms with Gasteiger partial charge in [-0.2, -0.15) is 0 Å². The Morgan fingerprint density at radius 3 is 1.78 bits per heavy atom. The fourth-order valence-corrected chi connectivity index (χ4v) is 0.417. The molecule has 0 aliphatic rings. The molecule has 0 atom stereocenters. The molecule has 0 fully saturated rings. The molecule has 52 valence electrons. The van der Waals surface area contributed by atoms with E-state index >= 15 is 0 Å². The minimum absolute atomic E-state index is 0.155. The van der Waals surface area contributed by atoms with E-state index in [0.29, 0.717) is 5.57 Å². The van der Waals surface area contributed by atoms with Gasteiger partial charge >= 0.3 is 0 Å². The highest BCUT2D eigenvalue weighted by Gasteiger charge is 1.96. The Bertz CT molecular complexity index is 152. The van der Waals surface area contributed by atoms with Crippen molar-refractivity contribution in [1.29, 1.82) is 0 Å². The summed E-state index contributed by atoms with van der Waals surface area (Å²) in [6, 6.07) is 0. The van der Waals surface area contributed by atoms with Gasteiger partial charge in [0.05, 0.1) is 0 Å². The smallest absolute Gasteiger partial charge is 0.102 e. The molecule has 0 amide bonds. The van der Waals surface area contributed by atoms with E-state index in [0.717, 1.165) is 5.71 Å². The lowest BCUT2D eigenvalue weighted by Crippen LogP contribution is -1.93. The Morgan fingerprint density at radius 2 is 1.67 bits per heavy atom. The summed E-state index contributed by atoms with van der Waals surface area (Å²) < 4.78 is 12.3. The van der Waals surface area contributed by atoms with Crippen molar-refractivity contribution in [3.8, 4) is 0 Å². The second kappa shape index (κ2) is 3.38. The molecule has 0 N–H and O–H groups in total. The van der Waals surface area contributed by atoms with Crippen molar-refractivity contribution in [3.63, 3.8) is 0 Å². The highest BCUT2D eigenvalue weighted by molar-refractivity contribution is 5.97. The van der Waals surface area contributed by atoms with Gasteiger partial charge in [-0.1, -0.05) is 0 Å². The molecule has 1 nitrogen and oxygen atoms in total. The summed E-state index contributed by atoms with van der Waals surface area (Å²) in [6.07, 6.45) is 0. The van der Waals surface area contributed by atoms with Gasteiger partial charge in [-0.15, -0.1) is 0 Å². The summed E-state index contributed by atoms with van der Waals surface area (Å²) in [6.45, 7) is 4.94. The molecule has 9 heavy (non-hydrogen) atoms. The molecule has 0 bridgehead atoms.